The molecule has 0 unspecified atom stereocenters. The van der Waals surface area contributed by atoms with Crippen molar-refractivity contribution in [2.75, 3.05) is 6.54 Å². The van der Waals surface area contributed by atoms with Crippen LogP contribution in [0, 0.1) is 0 Å². The van der Waals surface area contributed by atoms with Gasteiger partial charge in [0.15, 0.2) is 11.6 Å². The minimum absolute atomic E-state index is 0.237. The van der Waals surface area contributed by atoms with E-state index in [0.29, 0.717) is 11.4 Å². The van der Waals surface area contributed by atoms with Crippen molar-refractivity contribution in [1.82, 2.24) is 24.6 Å². The Morgan fingerprint density at radius 2 is 2.07 bits per heavy atom. The number of nitrogens with one attached hydrogen (secondary N) is 1. The molecule has 1 N–H and O–H groups in total. The second kappa shape index (κ2) is 6.91. The number of carbonyl (C=O) groups is 1. The molecule has 0 aliphatic heterocycles. The van der Waals surface area contributed by atoms with Crippen LogP contribution in [-0.2, 0) is 13.6 Å². The maximum absolute atomic E-state index is 12.3. The molecule has 3 heterocycles. The molecule has 0 atom stereocenters. The monoisotopic (exact) mass is 363 g/mol. The van der Waals surface area contributed by atoms with Gasteiger partial charge in [0, 0.05) is 36.9 Å². The smallest absolute Gasteiger partial charge is 0.345 e. The number of furan rings is 1. The molecule has 4 aromatic rings. The van der Waals surface area contributed by atoms with Gasteiger partial charge in [-0.2, -0.15) is 0 Å². The Bertz CT molecular complexity index is 1120. The van der Waals surface area contributed by atoms with Crippen LogP contribution in [0.25, 0.3) is 22.4 Å². The third-order valence-electron chi connectivity index (χ3n) is 4.22. The van der Waals surface area contributed by atoms with E-state index < -0.39 is 0 Å². The van der Waals surface area contributed by atoms with E-state index >= 15 is 0 Å². The highest BCUT2D eigenvalue weighted by molar-refractivity contribution is 5.96. The fourth-order valence-corrected chi connectivity index (χ4v) is 2.84. The molecule has 0 radical (unpaired) electrons. The molecule has 0 saturated carbocycles. The number of amides is 1. The molecule has 0 aliphatic rings. The van der Waals surface area contributed by atoms with Crippen LogP contribution in [0.1, 0.15) is 10.6 Å². The number of hydrogen-bond acceptors (Lipinski definition) is 5. The predicted molar refractivity (Wildman–Crippen MR) is 99.2 cm³/mol. The van der Waals surface area contributed by atoms with E-state index in [-0.39, 0.29) is 30.4 Å². The first kappa shape index (κ1) is 16.8. The maximum Gasteiger partial charge on any atom is 0.345 e. The van der Waals surface area contributed by atoms with Crippen LogP contribution in [0.2, 0.25) is 0 Å². The number of hydrogen-bond donors (Lipinski definition) is 1. The summed E-state index contributed by atoms with van der Waals surface area (Å²) in [6, 6.07) is 12.7. The average molecular weight is 363 g/mol. The molecule has 1 amide bonds. The Labute approximate surface area is 154 Å². The zero-order valence-corrected chi connectivity index (χ0v) is 14.6. The fourth-order valence-electron chi connectivity index (χ4n) is 2.84. The zero-order chi connectivity index (χ0) is 18.8. The molecule has 0 spiro atoms. The van der Waals surface area contributed by atoms with Crippen LogP contribution >= 0.6 is 0 Å². The standard InChI is InChI=1S/C19H17N5O3/c1-23-17(14-6-4-8-20-12-14)22-24(19(23)26)10-9-21-18(25)16-11-13-5-2-3-7-15(13)27-16/h2-8,11-12H,9-10H2,1H3,(H,21,25). The highest BCUT2D eigenvalue weighted by Crippen LogP contribution is 2.18. The van der Waals surface area contributed by atoms with Crippen molar-refractivity contribution < 1.29 is 9.21 Å². The Morgan fingerprint density at radius 1 is 1.22 bits per heavy atom. The van der Waals surface area contributed by atoms with Crippen molar-refractivity contribution in [1.29, 1.82) is 0 Å². The molecule has 0 aliphatic carbocycles. The molecule has 3 aromatic heterocycles. The van der Waals surface area contributed by atoms with Gasteiger partial charge in [-0.25, -0.2) is 9.48 Å². The highest BCUT2D eigenvalue weighted by Gasteiger charge is 2.14. The van der Waals surface area contributed by atoms with Gasteiger partial charge in [0.2, 0.25) is 0 Å². The summed E-state index contributed by atoms with van der Waals surface area (Å²) in [4.78, 5) is 28.6. The van der Waals surface area contributed by atoms with Crippen LogP contribution in [-0.4, -0.2) is 31.8 Å². The number of benzene rings is 1. The van der Waals surface area contributed by atoms with E-state index in [4.69, 9.17) is 4.42 Å². The van der Waals surface area contributed by atoms with Crippen molar-refractivity contribution >= 4 is 16.9 Å². The Hall–Kier alpha value is -3.68. The van der Waals surface area contributed by atoms with Gasteiger partial charge in [0.25, 0.3) is 5.91 Å². The second-order valence-corrected chi connectivity index (χ2v) is 6.03. The van der Waals surface area contributed by atoms with Crippen LogP contribution in [0.3, 0.4) is 0 Å². The van der Waals surface area contributed by atoms with Crippen molar-refractivity contribution in [3.8, 4) is 11.4 Å². The lowest BCUT2D eigenvalue weighted by Crippen LogP contribution is -2.31. The summed E-state index contributed by atoms with van der Waals surface area (Å²) in [6.07, 6.45) is 3.31. The van der Waals surface area contributed by atoms with Crippen molar-refractivity contribution in [2.45, 2.75) is 6.54 Å². The molecule has 27 heavy (non-hydrogen) atoms. The van der Waals surface area contributed by atoms with Crippen LogP contribution in [0.15, 0.2) is 64.1 Å². The third kappa shape index (κ3) is 3.24. The van der Waals surface area contributed by atoms with Gasteiger partial charge < -0.3 is 9.73 Å². The quantitative estimate of drug-likeness (QED) is 0.584. The first-order chi connectivity index (χ1) is 13.1. The summed E-state index contributed by atoms with van der Waals surface area (Å²) >= 11 is 0. The maximum atomic E-state index is 12.3. The first-order valence-corrected chi connectivity index (χ1v) is 8.44. The molecule has 136 valence electrons. The molecular weight excluding hydrogens is 346 g/mol. The van der Waals surface area contributed by atoms with Crippen LogP contribution in [0.4, 0.5) is 0 Å². The van der Waals surface area contributed by atoms with Gasteiger partial charge >= 0.3 is 5.69 Å². The number of pyridine rings is 1. The van der Waals surface area contributed by atoms with Crippen molar-refractivity contribution in [3.05, 3.63) is 71.1 Å². The topological polar surface area (TPSA) is 95.0 Å². The molecule has 4 rings (SSSR count). The summed E-state index contributed by atoms with van der Waals surface area (Å²) in [5.41, 5.74) is 1.15. The molecule has 8 nitrogen and oxygen atoms in total. The van der Waals surface area contributed by atoms with Gasteiger partial charge in [-0.15, -0.1) is 5.10 Å². The summed E-state index contributed by atoms with van der Waals surface area (Å²) in [6.45, 7) is 0.498. The highest BCUT2D eigenvalue weighted by atomic mass is 16.3. The normalized spacial score (nSPS) is 11.0. The predicted octanol–water partition coefficient (Wildman–Crippen LogP) is 1.82. The van der Waals surface area contributed by atoms with E-state index in [1.165, 1.54) is 9.25 Å². The third-order valence-corrected chi connectivity index (χ3v) is 4.22. The number of carbonyl (C=O) groups excluding carboxylic acids is 1. The molecule has 0 bridgehead atoms. The second-order valence-electron chi connectivity index (χ2n) is 6.03. The summed E-state index contributed by atoms with van der Waals surface area (Å²) in [7, 11) is 1.65. The van der Waals surface area contributed by atoms with Gasteiger partial charge in [-0.3, -0.25) is 14.3 Å². The average Bonchev–Trinajstić information content (AvgIpc) is 3.25. The van der Waals surface area contributed by atoms with Gasteiger partial charge in [-0.05, 0) is 24.3 Å². The fraction of sp³-hybridized carbons (Fsp3) is 0.158. The van der Waals surface area contributed by atoms with Gasteiger partial charge in [0.05, 0.1) is 6.54 Å². The van der Waals surface area contributed by atoms with E-state index in [1.807, 2.05) is 24.3 Å². The Kier molecular flexibility index (Phi) is 4.29. The number of rotatable bonds is 5. The van der Waals surface area contributed by atoms with Crippen molar-refractivity contribution in [3.63, 3.8) is 0 Å². The lowest BCUT2D eigenvalue weighted by molar-refractivity contribution is 0.0926. The zero-order valence-electron chi connectivity index (χ0n) is 14.6. The molecule has 0 fully saturated rings. The minimum Gasteiger partial charge on any atom is -0.451 e. The number of nitrogens with zero attached hydrogens (tertiary/aromatic N) is 4. The lowest BCUT2D eigenvalue weighted by atomic mass is 10.2. The summed E-state index contributed by atoms with van der Waals surface area (Å²) in [5, 5.41) is 7.95. The number of para-hydroxylation sites is 1. The SMILES string of the molecule is Cn1c(-c2cccnc2)nn(CCNC(=O)c2cc3ccccc3o2)c1=O. The largest absolute Gasteiger partial charge is 0.451 e. The Morgan fingerprint density at radius 3 is 2.85 bits per heavy atom. The minimum atomic E-state index is -0.331. The molecular formula is C19H17N5O3. The summed E-state index contributed by atoms with van der Waals surface area (Å²) < 4.78 is 8.31. The molecule has 8 heteroatoms. The summed E-state index contributed by atoms with van der Waals surface area (Å²) in [5.74, 6) is 0.431. The van der Waals surface area contributed by atoms with Crippen LogP contribution in [0.5, 0.6) is 0 Å². The molecule has 0 saturated heterocycles. The van der Waals surface area contributed by atoms with E-state index in [0.717, 1.165) is 10.9 Å². The number of aromatic nitrogens is 4. The van der Waals surface area contributed by atoms with E-state index in [2.05, 4.69) is 15.4 Å². The number of fused-ring (bicyclic) bond motifs is 1. The van der Waals surface area contributed by atoms with Crippen molar-refractivity contribution in [2.24, 2.45) is 7.05 Å². The van der Waals surface area contributed by atoms with Gasteiger partial charge in [-0.1, -0.05) is 18.2 Å². The Balaban J connectivity index is 1.45. The van der Waals surface area contributed by atoms with Gasteiger partial charge in [0.1, 0.15) is 5.58 Å². The molecule has 1 aromatic carbocycles. The first-order valence-electron chi connectivity index (χ1n) is 8.44. The lowest BCUT2D eigenvalue weighted by Gasteiger charge is -2.02. The van der Waals surface area contributed by atoms with E-state index in [9.17, 15) is 9.59 Å². The van der Waals surface area contributed by atoms with E-state index in [1.54, 1.807) is 37.6 Å². The van der Waals surface area contributed by atoms with Crippen LogP contribution < -0.4 is 11.0 Å².